The maximum absolute atomic E-state index is 12.7. The molecular weight excluding hydrogens is 491 g/mol. The van der Waals surface area contributed by atoms with Crippen LogP contribution in [-0.4, -0.2) is 63.6 Å². The van der Waals surface area contributed by atoms with Gasteiger partial charge in [-0.3, -0.25) is 14.2 Å². The van der Waals surface area contributed by atoms with Crippen LogP contribution < -0.4 is 10.8 Å². The molecule has 1 heterocycles. The Kier molecular flexibility index (Phi) is 12.4. The van der Waals surface area contributed by atoms with Gasteiger partial charge in [0.1, 0.15) is 24.5 Å². The van der Waals surface area contributed by atoms with E-state index in [1.807, 2.05) is 0 Å². The molecular formula is C19H36ClN4O7PSi. The molecule has 1 aromatic heterocycles. The zero-order valence-corrected chi connectivity index (χ0v) is 23.0. The highest BCUT2D eigenvalue weighted by molar-refractivity contribution is 7.53. The van der Waals surface area contributed by atoms with E-state index < -0.39 is 22.0 Å². The molecule has 0 aliphatic carbocycles. The van der Waals surface area contributed by atoms with Crippen molar-refractivity contribution in [2.75, 3.05) is 43.6 Å². The van der Waals surface area contributed by atoms with Crippen LogP contribution in [0.4, 0.5) is 11.5 Å². The fourth-order valence-corrected chi connectivity index (χ4v) is 4.77. The monoisotopic (exact) mass is 526 g/mol. The fourth-order valence-electron chi connectivity index (χ4n) is 2.20. The Hall–Kier alpha value is -1.11. The summed E-state index contributed by atoms with van der Waals surface area (Å²) in [7, 11) is -5.45. The number of halogens is 1. The summed E-state index contributed by atoms with van der Waals surface area (Å²) in [5.41, 5.74) is 2.84. The normalized spacial score (nSPS) is 13.6. The molecule has 11 nitrogen and oxygen atoms in total. The van der Waals surface area contributed by atoms with Crippen molar-refractivity contribution in [1.29, 1.82) is 0 Å². The lowest BCUT2D eigenvalue weighted by atomic mass is 10.2. The second kappa shape index (κ2) is 13.7. The van der Waals surface area contributed by atoms with Crippen LogP contribution in [0.3, 0.4) is 0 Å². The van der Waals surface area contributed by atoms with Crippen LogP contribution in [0, 0.1) is 0 Å². The summed E-state index contributed by atoms with van der Waals surface area (Å²) in [5, 5.41) is 2.47. The van der Waals surface area contributed by atoms with Crippen molar-refractivity contribution in [3.05, 3.63) is 11.5 Å². The number of carbonyl (C=O) groups is 1. The SMILES string of the molecule is CCOP(=O)(COCC(CO[Si](C)(C)C(C)(C)C)ONc1ncnc(Cl)c1NC=O)OCC. The van der Waals surface area contributed by atoms with Gasteiger partial charge in [0.2, 0.25) is 6.41 Å². The van der Waals surface area contributed by atoms with Crippen molar-refractivity contribution in [1.82, 2.24) is 9.97 Å². The summed E-state index contributed by atoms with van der Waals surface area (Å²) >= 11 is 6.02. The molecule has 14 heteroatoms. The summed E-state index contributed by atoms with van der Waals surface area (Å²) in [6.07, 6.45) is 0.831. The molecule has 0 aromatic carbocycles. The third kappa shape index (κ3) is 9.95. The Balaban J connectivity index is 2.91. The summed E-state index contributed by atoms with van der Waals surface area (Å²) in [6, 6.07) is 0. The predicted octanol–water partition coefficient (Wildman–Crippen LogP) is 4.67. The zero-order chi connectivity index (χ0) is 25.1. The molecule has 1 unspecified atom stereocenters. The number of hydrogen-bond acceptors (Lipinski definition) is 10. The van der Waals surface area contributed by atoms with Crippen molar-refractivity contribution >= 4 is 45.4 Å². The van der Waals surface area contributed by atoms with Crippen molar-refractivity contribution < 1.29 is 32.4 Å². The minimum atomic E-state index is -3.37. The van der Waals surface area contributed by atoms with Gasteiger partial charge >= 0.3 is 7.60 Å². The molecule has 1 atom stereocenters. The first kappa shape index (κ1) is 29.9. The lowest BCUT2D eigenvalue weighted by Crippen LogP contribution is -2.44. The van der Waals surface area contributed by atoms with E-state index in [0.29, 0.717) is 6.41 Å². The number of ether oxygens (including phenoxy) is 1. The van der Waals surface area contributed by atoms with Gasteiger partial charge in [-0.15, -0.1) is 0 Å². The first-order chi connectivity index (χ1) is 15.4. The Bertz CT molecular complexity index is 788. The predicted molar refractivity (Wildman–Crippen MR) is 130 cm³/mol. The Labute approximate surface area is 201 Å². The van der Waals surface area contributed by atoms with Gasteiger partial charge < -0.3 is 23.5 Å². The number of hydrogen-bond donors (Lipinski definition) is 2. The molecule has 190 valence electrons. The Morgan fingerprint density at radius 3 is 2.36 bits per heavy atom. The third-order valence-electron chi connectivity index (χ3n) is 4.97. The molecule has 0 fully saturated rings. The van der Waals surface area contributed by atoms with Crippen LogP contribution >= 0.6 is 19.2 Å². The van der Waals surface area contributed by atoms with Crippen LogP contribution in [0.1, 0.15) is 34.6 Å². The molecule has 0 saturated heterocycles. The highest BCUT2D eigenvalue weighted by Gasteiger charge is 2.38. The highest BCUT2D eigenvalue weighted by Crippen LogP contribution is 2.47. The summed E-state index contributed by atoms with van der Waals surface area (Å²) < 4.78 is 35.0. The fraction of sp³-hybridized carbons (Fsp3) is 0.737. The van der Waals surface area contributed by atoms with Crippen LogP contribution in [0.15, 0.2) is 6.33 Å². The van der Waals surface area contributed by atoms with Crippen LogP contribution in [-0.2, 0) is 32.4 Å². The summed E-state index contributed by atoms with van der Waals surface area (Å²) in [5.74, 6) is 0.161. The first-order valence-electron chi connectivity index (χ1n) is 10.6. The number of amides is 1. The van der Waals surface area contributed by atoms with Crippen molar-refractivity contribution in [2.24, 2.45) is 0 Å². The molecule has 2 N–H and O–H groups in total. The van der Waals surface area contributed by atoms with Gasteiger partial charge in [0.25, 0.3) is 0 Å². The Morgan fingerprint density at radius 2 is 1.82 bits per heavy atom. The summed E-state index contributed by atoms with van der Waals surface area (Å²) in [4.78, 5) is 24.5. The van der Waals surface area contributed by atoms with Crippen molar-refractivity contribution in [3.63, 3.8) is 0 Å². The number of nitrogens with one attached hydrogen (secondary N) is 2. The minimum absolute atomic E-state index is 0.00724. The number of aromatic nitrogens is 2. The largest absolute Gasteiger partial charge is 0.414 e. The molecule has 0 radical (unpaired) electrons. The van der Waals surface area contributed by atoms with E-state index in [2.05, 4.69) is 54.6 Å². The van der Waals surface area contributed by atoms with Gasteiger partial charge in [0.05, 0.1) is 26.4 Å². The number of nitrogens with zero attached hydrogens (tertiary/aromatic N) is 2. The van der Waals surface area contributed by atoms with Gasteiger partial charge in [0, 0.05) is 0 Å². The van der Waals surface area contributed by atoms with Gasteiger partial charge in [0.15, 0.2) is 19.3 Å². The van der Waals surface area contributed by atoms with E-state index in [-0.39, 0.29) is 54.5 Å². The molecule has 1 rings (SSSR count). The van der Waals surface area contributed by atoms with Crippen molar-refractivity contribution in [3.8, 4) is 0 Å². The van der Waals surface area contributed by atoms with E-state index in [1.165, 1.54) is 6.33 Å². The molecule has 0 bridgehead atoms. The molecule has 1 amide bonds. The highest BCUT2D eigenvalue weighted by atomic mass is 35.5. The standard InChI is InChI=1S/C19H36ClN4O7PSi/c1-8-28-32(26,29-9-2)14-27-10-15(11-30-33(6,7)19(3,4)5)31-24-18-16(23-13-25)17(20)21-12-22-18/h12-13,15H,8-11,14H2,1-7H3,(H,23,25)(H,21,22,24). The zero-order valence-electron chi connectivity index (χ0n) is 20.3. The van der Waals surface area contributed by atoms with Gasteiger partial charge in [-0.2, -0.15) is 0 Å². The second-order valence-corrected chi connectivity index (χ2v) is 15.7. The lowest BCUT2D eigenvalue weighted by molar-refractivity contribution is -0.105. The van der Waals surface area contributed by atoms with Gasteiger partial charge in [-0.1, -0.05) is 32.4 Å². The minimum Gasteiger partial charge on any atom is -0.414 e. The van der Waals surface area contributed by atoms with E-state index in [0.717, 1.165) is 0 Å². The third-order valence-corrected chi connectivity index (χ3v) is 11.6. The second-order valence-electron chi connectivity index (χ2n) is 8.51. The first-order valence-corrected chi connectivity index (χ1v) is 15.6. The molecule has 0 aliphatic rings. The van der Waals surface area contributed by atoms with Crippen molar-refractivity contribution in [2.45, 2.75) is 58.9 Å². The topological polar surface area (TPSA) is 130 Å². The number of rotatable bonds is 16. The summed E-state index contributed by atoms with van der Waals surface area (Å²) in [6.45, 7) is 14.8. The molecule has 33 heavy (non-hydrogen) atoms. The van der Waals surface area contributed by atoms with E-state index in [1.54, 1.807) is 13.8 Å². The smallest absolute Gasteiger partial charge is 0.356 e. The Morgan fingerprint density at radius 1 is 1.18 bits per heavy atom. The molecule has 1 aromatic rings. The molecule has 0 spiro atoms. The van der Waals surface area contributed by atoms with Gasteiger partial charge in [-0.05, 0) is 32.0 Å². The van der Waals surface area contributed by atoms with E-state index >= 15 is 0 Å². The molecule has 0 saturated carbocycles. The molecule has 0 aliphatic heterocycles. The maximum atomic E-state index is 12.7. The number of anilines is 2. The maximum Gasteiger partial charge on any atom is 0.356 e. The van der Waals surface area contributed by atoms with Crippen LogP contribution in [0.2, 0.25) is 23.3 Å². The number of carbonyl (C=O) groups excluding carboxylic acids is 1. The average molecular weight is 527 g/mol. The van der Waals surface area contributed by atoms with E-state index in [4.69, 9.17) is 34.6 Å². The van der Waals surface area contributed by atoms with E-state index in [9.17, 15) is 9.36 Å². The van der Waals surface area contributed by atoms with Crippen LogP contribution in [0.5, 0.6) is 0 Å². The van der Waals surface area contributed by atoms with Crippen LogP contribution in [0.25, 0.3) is 0 Å². The average Bonchev–Trinajstić information content (AvgIpc) is 2.71. The van der Waals surface area contributed by atoms with Gasteiger partial charge in [-0.25, -0.2) is 15.4 Å². The lowest BCUT2D eigenvalue weighted by Gasteiger charge is -2.37. The quantitative estimate of drug-likeness (QED) is 0.103.